The molecule has 4 nitrogen and oxygen atoms in total. The molecule has 0 aliphatic heterocycles. The lowest BCUT2D eigenvalue weighted by Crippen LogP contribution is -2.00. The summed E-state index contributed by atoms with van der Waals surface area (Å²) in [5.41, 5.74) is 3.68. The van der Waals surface area contributed by atoms with Crippen LogP contribution in [-0.4, -0.2) is 27.0 Å². The zero-order valence-corrected chi connectivity index (χ0v) is 10.7. The van der Waals surface area contributed by atoms with Crippen molar-refractivity contribution < 1.29 is 9.47 Å². The second kappa shape index (κ2) is 7.54. The Morgan fingerprint density at radius 3 is 2.82 bits per heavy atom. The second-order valence-electron chi connectivity index (χ2n) is 3.59. The summed E-state index contributed by atoms with van der Waals surface area (Å²) in [6.45, 7) is 2.86. The molecule has 17 heavy (non-hydrogen) atoms. The van der Waals surface area contributed by atoms with Crippen LogP contribution < -0.4 is 14.9 Å². The average Bonchev–Trinajstić information content (AvgIpc) is 2.37. The molecule has 0 aromatic heterocycles. The van der Waals surface area contributed by atoms with Crippen molar-refractivity contribution in [1.82, 2.24) is 5.43 Å². The number of ether oxygens (including phenoxy) is 2. The largest absolute Gasteiger partial charge is 0.493 e. The van der Waals surface area contributed by atoms with Gasteiger partial charge in [-0.2, -0.15) is 5.10 Å². The molecule has 1 rings (SSSR count). The third kappa shape index (κ3) is 4.34. The topological polar surface area (TPSA) is 42.8 Å². The van der Waals surface area contributed by atoms with E-state index in [-0.39, 0.29) is 0 Å². The van der Waals surface area contributed by atoms with Gasteiger partial charge in [-0.25, -0.2) is 0 Å². The average molecular weight is 236 g/mol. The lowest BCUT2D eigenvalue weighted by atomic mass is 10.2. The lowest BCUT2D eigenvalue weighted by molar-refractivity contribution is 0.288. The van der Waals surface area contributed by atoms with Crippen molar-refractivity contribution in [2.45, 2.75) is 19.8 Å². The molecule has 0 fully saturated rings. The van der Waals surface area contributed by atoms with Crippen molar-refractivity contribution in [3.05, 3.63) is 23.8 Å². The maximum absolute atomic E-state index is 5.64. The van der Waals surface area contributed by atoms with E-state index in [0.29, 0.717) is 0 Å². The van der Waals surface area contributed by atoms with Gasteiger partial charge < -0.3 is 14.9 Å². The summed E-state index contributed by atoms with van der Waals surface area (Å²) < 4.78 is 10.9. The first-order chi connectivity index (χ1) is 8.31. The number of nitrogens with zero attached hydrogens (tertiary/aromatic N) is 1. The minimum Gasteiger partial charge on any atom is -0.493 e. The number of hydrogen-bond donors (Lipinski definition) is 1. The van der Waals surface area contributed by atoms with Crippen LogP contribution in [0.1, 0.15) is 25.3 Å². The van der Waals surface area contributed by atoms with Crippen molar-refractivity contribution in [2.24, 2.45) is 5.10 Å². The summed E-state index contributed by atoms with van der Waals surface area (Å²) in [5.74, 6) is 1.52. The summed E-state index contributed by atoms with van der Waals surface area (Å²) >= 11 is 0. The monoisotopic (exact) mass is 236 g/mol. The summed E-state index contributed by atoms with van der Waals surface area (Å²) in [6, 6.07) is 5.76. The van der Waals surface area contributed by atoms with Crippen LogP contribution in [0, 0.1) is 0 Å². The van der Waals surface area contributed by atoms with E-state index in [1.807, 2.05) is 18.2 Å². The molecule has 0 unspecified atom stereocenters. The van der Waals surface area contributed by atoms with Crippen LogP contribution in [-0.2, 0) is 0 Å². The fourth-order valence-electron chi connectivity index (χ4n) is 1.35. The number of unbranched alkanes of at least 4 members (excludes halogenated alkanes) is 1. The molecule has 0 aliphatic rings. The van der Waals surface area contributed by atoms with Crippen molar-refractivity contribution in [1.29, 1.82) is 0 Å². The van der Waals surface area contributed by atoms with E-state index < -0.39 is 0 Å². The standard InChI is InChI=1S/C13H20N2O2/c1-4-5-8-17-12-7-6-11(10-15-14-2)9-13(12)16-3/h6-7,9-10,14H,4-5,8H2,1-3H3/b15-10+. The number of methoxy groups -OCH3 is 1. The Hall–Kier alpha value is -1.71. The van der Waals surface area contributed by atoms with E-state index in [0.717, 1.165) is 36.5 Å². The molecule has 1 N–H and O–H groups in total. The second-order valence-corrected chi connectivity index (χ2v) is 3.59. The maximum Gasteiger partial charge on any atom is 0.161 e. The predicted octanol–water partition coefficient (Wildman–Crippen LogP) is 2.43. The highest BCUT2D eigenvalue weighted by atomic mass is 16.5. The van der Waals surface area contributed by atoms with Crippen molar-refractivity contribution in [2.75, 3.05) is 20.8 Å². The number of hydrogen-bond acceptors (Lipinski definition) is 4. The molecule has 4 heteroatoms. The molecule has 0 aliphatic carbocycles. The summed E-state index contributed by atoms with van der Waals surface area (Å²) in [7, 11) is 3.40. The van der Waals surface area contributed by atoms with E-state index >= 15 is 0 Å². The van der Waals surface area contributed by atoms with Crippen molar-refractivity contribution in [3.8, 4) is 11.5 Å². The van der Waals surface area contributed by atoms with Crippen LogP contribution in [0.4, 0.5) is 0 Å². The molecule has 0 spiro atoms. The van der Waals surface area contributed by atoms with Crippen LogP contribution >= 0.6 is 0 Å². The fraction of sp³-hybridized carbons (Fsp3) is 0.462. The van der Waals surface area contributed by atoms with Gasteiger partial charge in [-0.1, -0.05) is 13.3 Å². The van der Waals surface area contributed by atoms with Gasteiger partial charge in [0, 0.05) is 7.05 Å². The predicted molar refractivity (Wildman–Crippen MR) is 70.1 cm³/mol. The summed E-state index contributed by atoms with van der Waals surface area (Å²) in [4.78, 5) is 0. The first kappa shape index (κ1) is 13.4. The van der Waals surface area contributed by atoms with Gasteiger partial charge in [0.2, 0.25) is 0 Å². The molecule has 0 radical (unpaired) electrons. The molecule has 0 atom stereocenters. The minimum atomic E-state index is 0.719. The smallest absolute Gasteiger partial charge is 0.161 e. The normalized spacial score (nSPS) is 10.5. The zero-order valence-electron chi connectivity index (χ0n) is 10.7. The number of nitrogens with one attached hydrogen (secondary N) is 1. The van der Waals surface area contributed by atoms with E-state index in [4.69, 9.17) is 9.47 Å². The van der Waals surface area contributed by atoms with Gasteiger partial charge >= 0.3 is 0 Å². The van der Waals surface area contributed by atoms with Crippen LogP contribution in [0.25, 0.3) is 0 Å². The number of rotatable bonds is 7. The molecule has 0 amide bonds. The Morgan fingerprint density at radius 2 is 2.18 bits per heavy atom. The quantitative estimate of drug-likeness (QED) is 0.449. The Bertz CT molecular complexity index is 364. The zero-order chi connectivity index (χ0) is 12.5. The SMILES string of the molecule is CCCCOc1ccc(/C=N/NC)cc1OC. The van der Waals surface area contributed by atoms with Gasteiger partial charge in [-0.05, 0) is 30.2 Å². The van der Waals surface area contributed by atoms with Gasteiger partial charge in [0.15, 0.2) is 11.5 Å². The first-order valence-corrected chi connectivity index (χ1v) is 5.82. The molecule has 0 saturated heterocycles. The maximum atomic E-state index is 5.64. The Morgan fingerprint density at radius 1 is 1.35 bits per heavy atom. The van der Waals surface area contributed by atoms with E-state index in [1.54, 1.807) is 20.4 Å². The van der Waals surface area contributed by atoms with Crippen LogP contribution in [0.15, 0.2) is 23.3 Å². The van der Waals surface area contributed by atoms with Crippen LogP contribution in [0.5, 0.6) is 11.5 Å². The minimum absolute atomic E-state index is 0.719. The molecular weight excluding hydrogens is 216 g/mol. The summed E-state index contributed by atoms with van der Waals surface area (Å²) in [6.07, 6.45) is 3.90. The number of benzene rings is 1. The Labute approximate surface area is 103 Å². The molecule has 0 heterocycles. The van der Waals surface area contributed by atoms with Crippen LogP contribution in [0.2, 0.25) is 0 Å². The third-order valence-corrected chi connectivity index (χ3v) is 2.29. The van der Waals surface area contributed by atoms with Gasteiger partial charge in [0.25, 0.3) is 0 Å². The van der Waals surface area contributed by atoms with Gasteiger partial charge in [0.1, 0.15) is 0 Å². The molecule has 0 saturated carbocycles. The van der Waals surface area contributed by atoms with Gasteiger partial charge in [-0.15, -0.1) is 0 Å². The Kier molecular flexibility index (Phi) is 5.93. The molecule has 1 aromatic rings. The summed E-state index contributed by atoms with van der Waals surface area (Å²) in [5, 5.41) is 3.95. The van der Waals surface area contributed by atoms with Crippen molar-refractivity contribution >= 4 is 6.21 Å². The van der Waals surface area contributed by atoms with E-state index in [2.05, 4.69) is 17.5 Å². The fourth-order valence-corrected chi connectivity index (χ4v) is 1.35. The lowest BCUT2D eigenvalue weighted by Gasteiger charge is -2.10. The highest BCUT2D eigenvalue weighted by molar-refractivity contribution is 5.80. The number of hydrazone groups is 1. The van der Waals surface area contributed by atoms with Gasteiger partial charge in [0.05, 0.1) is 19.9 Å². The van der Waals surface area contributed by atoms with E-state index in [9.17, 15) is 0 Å². The first-order valence-electron chi connectivity index (χ1n) is 5.82. The highest BCUT2D eigenvalue weighted by Crippen LogP contribution is 2.27. The highest BCUT2D eigenvalue weighted by Gasteiger charge is 2.04. The van der Waals surface area contributed by atoms with Crippen molar-refractivity contribution in [3.63, 3.8) is 0 Å². The molecule has 94 valence electrons. The Balaban J connectivity index is 2.74. The molecular formula is C13H20N2O2. The molecule has 1 aromatic carbocycles. The third-order valence-electron chi connectivity index (χ3n) is 2.29. The van der Waals surface area contributed by atoms with Gasteiger partial charge in [-0.3, -0.25) is 0 Å². The molecule has 0 bridgehead atoms. The van der Waals surface area contributed by atoms with Crippen LogP contribution in [0.3, 0.4) is 0 Å². The van der Waals surface area contributed by atoms with E-state index in [1.165, 1.54) is 0 Å².